The molecule has 0 radical (unpaired) electrons. The molecule has 4 heteroatoms. The molecule has 2 aromatic carbocycles. The Labute approximate surface area is 158 Å². The first-order valence-electron chi connectivity index (χ1n) is 9.54. The van der Waals surface area contributed by atoms with Crippen LogP contribution in [0.1, 0.15) is 44.9 Å². The number of fused-ring (bicyclic) bond motifs is 1. The topological polar surface area (TPSA) is 42.0 Å². The van der Waals surface area contributed by atoms with Crippen LogP contribution < -0.4 is 5.32 Å². The van der Waals surface area contributed by atoms with E-state index in [9.17, 15) is 4.79 Å². The van der Waals surface area contributed by atoms with Crippen molar-refractivity contribution < 1.29 is 4.79 Å². The van der Waals surface area contributed by atoms with Crippen LogP contribution in [0.25, 0.3) is 20.8 Å². The van der Waals surface area contributed by atoms with Crippen LogP contribution in [0.2, 0.25) is 0 Å². The molecular weight excluding hydrogens is 340 g/mol. The Morgan fingerprint density at radius 1 is 1.04 bits per heavy atom. The highest BCUT2D eigenvalue weighted by atomic mass is 32.1. The van der Waals surface area contributed by atoms with Crippen LogP contribution in [-0.4, -0.2) is 10.9 Å². The largest absolute Gasteiger partial charge is 0.325 e. The summed E-state index contributed by atoms with van der Waals surface area (Å²) in [6.45, 7) is 0. The van der Waals surface area contributed by atoms with Crippen LogP contribution in [0.15, 0.2) is 48.5 Å². The standard InChI is InChI=1S/C22H24N2OS/c25-21(15-14-16-8-2-1-3-9-16)23-18-11-5-4-10-17(18)22-24-19-12-6-7-13-20(19)26-22/h4-7,10-13,16H,1-3,8-9,14-15H2,(H,23,25). The molecule has 1 aliphatic carbocycles. The molecule has 0 saturated heterocycles. The van der Waals surface area contributed by atoms with Crippen LogP contribution in [0.3, 0.4) is 0 Å². The minimum Gasteiger partial charge on any atom is -0.325 e. The summed E-state index contributed by atoms with van der Waals surface area (Å²) in [6, 6.07) is 16.1. The van der Waals surface area contributed by atoms with Crippen LogP contribution in [-0.2, 0) is 4.79 Å². The molecule has 1 heterocycles. The van der Waals surface area contributed by atoms with Gasteiger partial charge in [0.2, 0.25) is 5.91 Å². The quantitative estimate of drug-likeness (QED) is 0.580. The van der Waals surface area contributed by atoms with Gasteiger partial charge in [0.15, 0.2) is 0 Å². The number of nitrogens with zero attached hydrogens (tertiary/aromatic N) is 1. The fourth-order valence-electron chi connectivity index (χ4n) is 3.79. The number of hydrogen-bond acceptors (Lipinski definition) is 3. The maximum atomic E-state index is 12.5. The summed E-state index contributed by atoms with van der Waals surface area (Å²) >= 11 is 1.67. The summed E-state index contributed by atoms with van der Waals surface area (Å²) in [5, 5.41) is 4.07. The molecule has 26 heavy (non-hydrogen) atoms. The third-order valence-electron chi connectivity index (χ3n) is 5.23. The molecule has 3 nitrogen and oxygen atoms in total. The molecule has 1 aliphatic rings. The number of hydrogen-bond donors (Lipinski definition) is 1. The van der Waals surface area contributed by atoms with E-state index < -0.39 is 0 Å². The van der Waals surface area contributed by atoms with Gasteiger partial charge < -0.3 is 5.32 Å². The highest BCUT2D eigenvalue weighted by Gasteiger charge is 2.16. The lowest BCUT2D eigenvalue weighted by Crippen LogP contribution is -2.15. The van der Waals surface area contributed by atoms with Gasteiger partial charge >= 0.3 is 0 Å². The van der Waals surface area contributed by atoms with Gasteiger partial charge in [-0.2, -0.15) is 0 Å². The number of para-hydroxylation sites is 2. The van der Waals surface area contributed by atoms with Crippen LogP contribution in [0.5, 0.6) is 0 Å². The van der Waals surface area contributed by atoms with Crippen molar-refractivity contribution in [2.24, 2.45) is 5.92 Å². The molecule has 1 N–H and O–H groups in total. The summed E-state index contributed by atoms with van der Waals surface area (Å²) in [5.41, 5.74) is 2.87. The van der Waals surface area contributed by atoms with Crippen molar-refractivity contribution in [3.05, 3.63) is 48.5 Å². The van der Waals surface area contributed by atoms with Gasteiger partial charge in [-0.05, 0) is 36.6 Å². The van der Waals surface area contributed by atoms with Crippen molar-refractivity contribution in [1.82, 2.24) is 4.98 Å². The van der Waals surface area contributed by atoms with E-state index in [0.29, 0.717) is 6.42 Å². The number of carbonyl (C=O) groups excluding carboxylic acids is 1. The van der Waals surface area contributed by atoms with Crippen LogP contribution >= 0.6 is 11.3 Å². The van der Waals surface area contributed by atoms with Gasteiger partial charge in [0.1, 0.15) is 5.01 Å². The molecule has 0 bridgehead atoms. The summed E-state index contributed by atoms with van der Waals surface area (Å²) in [6.07, 6.45) is 8.21. The van der Waals surface area contributed by atoms with Crippen molar-refractivity contribution in [1.29, 1.82) is 0 Å². The zero-order chi connectivity index (χ0) is 17.8. The number of nitrogens with one attached hydrogen (secondary N) is 1. The lowest BCUT2D eigenvalue weighted by atomic mass is 9.86. The predicted octanol–water partition coefficient (Wildman–Crippen LogP) is 6.26. The molecule has 1 aromatic heterocycles. The van der Waals surface area contributed by atoms with Gasteiger partial charge in [0.05, 0.1) is 15.9 Å². The molecule has 4 rings (SSSR count). The Morgan fingerprint density at radius 3 is 2.65 bits per heavy atom. The van der Waals surface area contributed by atoms with Crippen molar-refractivity contribution in [3.63, 3.8) is 0 Å². The Hall–Kier alpha value is -2.20. The van der Waals surface area contributed by atoms with Crippen LogP contribution in [0.4, 0.5) is 5.69 Å². The number of anilines is 1. The highest BCUT2D eigenvalue weighted by Crippen LogP contribution is 2.34. The maximum Gasteiger partial charge on any atom is 0.224 e. The molecule has 3 aromatic rings. The molecule has 1 saturated carbocycles. The van der Waals surface area contributed by atoms with Crippen LogP contribution in [0, 0.1) is 5.92 Å². The molecule has 1 fully saturated rings. The molecule has 0 spiro atoms. The minimum absolute atomic E-state index is 0.115. The number of carbonyl (C=O) groups is 1. The van der Waals surface area contributed by atoms with E-state index in [-0.39, 0.29) is 5.91 Å². The molecular formula is C22H24N2OS. The van der Waals surface area contributed by atoms with Gasteiger partial charge in [-0.25, -0.2) is 4.98 Å². The Balaban J connectivity index is 1.47. The SMILES string of the molecule is O=C(CCC1CCCCC1)Nc1ccccc1-c1nc2ccccc2s1. The molecule has 134 valence electrons. The number of aromatic nitrogens is 1. The van der Waals surface area contributed by atoms with Crippen molar-refractivity contribution in [3.8, 4) is 10.6 Å². The number of benzene rings is 2. The second-order valence-electron chi connectivity index (χ2n) is 7.12. The fourth-order valence-corrected chi connectivity index (χ4v) is 4.79. The zero-order valence-corrected chi connectivity index (χ0v) is 15.7. The summed E-state index contributed by atoms with van der Waals surface area (Å²) < 4.78 is 1.17. The third kappa shape index (κ3) is 3.96. The molecule has 1 amide bonds. The Bertz CT molecular complexity index is 863. The van der Waals surface area contributed by atoms with Gasteiger partial charge in [-0.3, -0.25) is 4.79 Å². The summed E-state index contributed by atoms with van der Waals surface area (Å²) in [7, 11) is 0. The van der Waals surface area contributed by atoms with Crippen molar-refractivity contribution >= 4 is 33.1 Å². The number of rotatable bonds is 5. The Morgan fingerprint density at radius 2 is 1.81 bits per heavy atom. The van der Waals surface area contributed by atoms with Crippen molar-refractivity contribution in [2.45, 2.75) is 44.9 Å². The van der Waals surface area contributed by atoms with Crippen molar-refractivity contribution in [2.75, 3.05) is 5.32 Å². The van der Waals surface area contributed by atoms with E-state index in [1.165, 1.54) is 36.8 Å². The monoisotopic (exact) mass is 364 g/mol. The first-order valence-corrected chi connectivity index (χ1v) is 10.4. The zero-order valence-electron chi connectivity index (χ0n) is 14.9. The average molecular weight is 365 g/mol. The summed E-state index contributed by atoms with van der Waals surface area (Å²) in [5.74, 6) is 0.846. The fraction of sp³-hybridized carbons (Fsp3) is 0.364. The summed E-state index contributed by atoms with van der Waals surface area (Å²) in [4.78, 5) is 17.2. The van der Waals surface area contributed by atoms with E-state index in [4.69, 9.17) is 4.98 Å². The highest BCUT2D eigenvalue weighted by molar-refractivity contribution is 7.21. The van der Waals surface area contributed by atoms with Gasteiger partial charge in [0.25, 0.3) is 0 Å². The predicted molar refractivity (Wildman–Crippen MR) is 109 cm³/mol. The first-order chi connectivity index (χ1) is 12.8. The number of amides is 1. The van der Waals surface area contributed by atoms with E-state index in [0.717, 1.165) is 34.1 Å². The first kappa shape index (κ1) is 17.2. The Kier molecular flexibility index (Phi) is 5.30. The smallest absolute Gasteiger partial charge is 0.224 e. The second-order valence-corrected chi connectivity index (χ2v) is 8.15. The van der Waals surface area contributed by atoms with E-state index in [1.807, 2.05) is 42.5 Å². The van der Waals surface area contributed by atoms with E-state index in [1.54, 1.807) is 11.3 Å². The molecule has 0 aliphatic heterocycles. The van der Waals surface area contributed by atoms with Gasteiger partial charge in [-0.15, -0.1) is 11.3 Å². The van der Waals surface area contributed by atoms with E-state index >= 15 is 0 Å². The average Bonchev–Trinajstić information content (AvgIpc) is 3.12. The van der Waals surface area contributed by atoms with E-state index in [2.05, 4.69) is 11.4 Å². The number of thiazole rings is 1. The second kappa shape index (κ2) is 8.00. The maximum absolute atomic E-state index is 12.5. The third-order valence-corrected chi connectivity index (χ3v) is 6.30. The lowest BCUT2D eigenvalue weighted by Gasteiger charge is -2.21. The van der Waals surface area contributed by atoms with Gasteiger partial charge in [0, 0.05) is 12.0 Å². The minimum atomic E-state index is 0.115. The lowest BCUT2D eigenvalue weighted by molar-refractivity contribution is -0.116. The normalized spacial score (nSPS) is 15.2. The van der Waals surface area contributed by atoms with Gasteiger partial charge in [-0.1, -0.05) is 56.4 Å². The molecule has 0 atom stereocenters. The molecule has 0 unspecified atom stereocenters.